The molecule has 0 bridgehead atoms. The lowest BCUT2D eigenvalue weighted by Crippen LogP contribution is -2.37. The fraction of sp³-hybridized carbons (Fsp3) is 0.450. The first-order valence-electron chi connectivity index (χ1n) is 9.23. The number of esters is 1. The number of sulfonamides is 1. The van der Waals surface area contributed by atoms with Gasteiger partial charge in [-0.3, -0.25) is 9.59 Å². The quantitative estimate of drug-likeness (QED) is 0.448. The Bertz CT molecular complexity index is 921. The molecule has 0 amide bonds. The van der Waals surface area contributed by atoms with E-state index in [9.17, 15) is 13.2 Å². The minimum atomic E-state index is -3.71. The molecule has 3 rings (SSSR count). The molecular formula is C20H24N2O6S. The van der Waals surface area contributed by atoms with Gasteiger partial charge in [-0.2, -0.15) is 9.57 Å². The predicted octanol–water partition coefficient (Wildman–Crippen LogP) is 1.88. The summed E-state index contributed by atoms with van der Waals surface area (Å²) in [5.41, 5.74) is 0.306. The third kappa shape index (κ3) is 4.83. The van der Waals surface area contributed by atoms with Crippen molar-refractivity contribution < 1.29 is 27.9 Å². The summed E-state index contributed by atoms with van der Waals surface area (Å²) in [5.74, 6) is -0.682. The van der Waals surface area contributed by atoms with Crippen LogP contribution in [0.4, 0.5) is 0 Å². The van der Waals surface area contributed by atoms with Crippen LogP contribution >= 0.6 is 0 Å². The van der Waals surface area contributed by atoms with Crippen molar-refractivity contribution in [2.75, 3.05) is 19.7 Å². The molecule has 1 heterocycles. The summed E-state index contributed by atoms with van der Waals surface area (Å²) >= 11 is 0. The van der Waals surface area contributed by atoms with E-state index in [1.165, 1.54) is 16.4 Å². The Morgan fingerprint density at radius 3 is 2.69 bits per heavy atom. The first-order valence-corrected chi connectivity index (χ1v) is 10.7. The van der Waals surface area contributed by atoms with E-state index in [1.807, 2.05) is 25.1 Å². The standard InChI is InChI=1S/C19H22N2O4S.CH2O2/c1-3-25-19(22)18-13(2)7-8-15-11-21(12-17(15)18)26(23,24)16-6-4-5-14(9-16)10-20;2-1-3/h4-9,13,15,17-18H,3,11-12H2,1-2H3;1H,(H,2,3)/t13-,15-,17-,18-;/m0./s1. The highest BCUT2D eigenvalue weighted by Gasteiger charge is 2.47. The van der Waals surface area contributed by atoms with Crippen molar-refractivity contribution >= 4 is 22.5 Å². The maximum atomic E-state index is 13.0. The molecule has 8 nitrogen and oxygen atoms in total. The molecule has 1 aliphatic carbocycles. The number of hydrogen-bond donors (Lipinski definition) is 1. The number of allylic oxidation sites excluding steroid dienone is 1. The second kappa shape index (κ2) is 9.67. The van der Waals surface area contributed by atoms with Gasteiger partial charge in [0.05, 0.1) is 29.1 Å². The number of carboxylic acid groups (broad SMARTS) is 1. The van der Waals surface area contributed by atoms with Crippen molar-refractivity contribution in [2.24, 2.45) is 23.7 Å². The normalized spacial score (nSPS) is 25.8. The minimum absolute atomic E-state index is 0.00506. The molecule has 4 atom stereocenters. The van der Waals surface area contributed by atoms with E-state index in [0.29, 0.717) is 18.7 Å². The number of carbonyl (C=O) groups excluding carboxylic acids is 1. The monoisotopic (exact) mass is 420 g/mol. The average molecular weight is 420 g/mol. The molecule has 0 spiro atoms. The highest BCUT2D eigenvalue weighted by molar-refractivity contribution is 7.89. The zero-order valence-electron chi connectivity index (χ0n) is 16.3. The van der Waals surface area contributed by atoms with Crippen molar-refractivity contribution in [1.29, 1.82) is 5.26 Å². The molecule has 2 aliphatic rings. The van der Waals surface area contributed by atoms with Gasteiger partial charge < -0.3 is 9.84 Å². The van der Waals surface area contributed by atoms with Crippen LogP contribution in [0.5, 0.6) is 0 Å². The molecular weight excluding hydrogens is 396 g/mol. The molecule has 1 aromatic carbocycles. The molecule has 0 radical (unpaired) electrons. The van der Waals surface area contributed by atoms with Gasteiger partial charge >= 0.3 is 5.97 Å². The van der Waals surface area contributed by atoms with Gasteiger partial charge in [0.2, 0.25) is 10.0 Å². The van der Waals surface area contributed by atoms with Gasteiger partial charge in [-0.1, -0.05) is 25.1 Å². The molecule has 1 N–H and O–H groups in total. The van der Waals surface area contributed by atoms with E-state index in [1.54, 1.807) is 19.1 Å². The summed E-state index contributed by atoms with van der Waals surface area (Å²) in [6.07, 6.45) is 4.00. The fourth-order valence-corrected chi connectivity index (χ4v) is 5.49. The van der Waals surface area contributed by atoms with Crippen molar-refractivity contribution in [2.45, 2.75) is 18.7 Å². The number of nitrogens with zero attached hydrogens (tertiary/aromatic N) is 2. The van der Waals surface area contributed by atoms with Crippen LogP contribution in [-0.2, 0) is 24.3 Å². The molecule has 1 aliphatic heterocycles. The van der Waals surface area contributed by atoms with Crippen LogP contribution in [0.1, 0.15) is 19.4 Å². The van der Waals surface area contributed by atoms with E-state index in [2.05, 4.69) is 0 Å². The second-order valence-corrected chi connectivity index (χ2v) is 8.85. The SMILES string of the molecule is CCOC(=O)[C@@H]1[C@H]2CN(S(=O)(=O)c3cccc(C#N)c3)C[C@@H]2C=C[C@@H]1C.O=CO. The van der Waals surface area contributed by atoms with Crippen molar-refractivity contribution in [3.63, 3.8) is 0 Å². The van der Waals surface area contributed by atoms with Gasteiger partial charge in [0.15, 0.2) is 0 Å². The maximum Gasteiger partial charge on any atom is 0.309 e. The fourth-order valence-electron chi connectivity index (χ4n) is 3.93. The number of hydrogen-bond acceptors (Lipinski definition) is 6. The molecule has 29 heavy (non-hydrogen) atoms. The molecule has 0 saturated carbocycles. The summed E-state index contributed by atoms with van der Waals surface area (Å²) in [5, 5.41) is 15.9. The van der Waals surface area contributed by atoms with Gasteiger partial charge in [0, 0.05) is 13.1 Å². The zero-order chi connectivity index (χ0) is 21.6. The lowest BCUT2D eigenvalue weighted by atomic mass is 9.73. The summed E-state index contributed by atoms with van der Waals surface area (Å²) in [7, 11) is -3.71. The number of nitriles is 1. The molecule has 9 heteroatoms. The maximum absolute atomic E-state index is 13.0. The molecule has 1 fully saturated rings. The number of ether oxygens (including phenoxy) is 1. The topological polar surface area (TPSA) is 125 Å². The summed E-state index contributed by atoms with van der Waals surface area (Å²) in [4.78, 5) is 20.9. The number of benzene rings is 1. The van der Waals surface area contributed by atoms with E-state index in [4.69, 9.17) is 19.9 Å². The van der Waals surface area contributed by atoms with Crippen LogP contribution < -0.4 is 0 Å². The van der Waals surface area contributed by atoms with Crippen LogP contribution in [-0.4, -0.2) is 50.0 Å². The third-order valence-corrected chi connectivity index (χ3v) is 7.06. The minimum Gasteiger partial charge on any atom is -0.483 e. The summed E-state index contributed by atoms with van der Waals surface area (Å²) < 4.78 is 32.7. The Kier molecular flexibility index (Phi) is 7.53. The van der Waals surface area contributed by atoms with E-state index in [-0.39, 0.29) is 47.6 Å². The Morgan fingerprint density at radius 2 is 2.07 bits per heavy atom. The Balaban J connectivity index is 0.000000941. The van der Waals surface area contributed by atoms with E-state index < -0.39 is 10.0 Å². The van der Waals surface area contributed by atoms with Crippen LogP contribution in [0.3, 0.4) is 0 Å². The number of carbonyl (C=O) groups is 2. The van der Waals surface area contributed by atoms with Crippen molar-refractivity contribution in [1.82, 2.24) is 4.31 Å². The average Bonchev–Trinajstić information content (AvgIpc) is 3.13. The Labute approximate surface area is 170 Å². The smallest absolute Gasteiger partial charge is 0.309 e. The largest absolute Gasteiger partial charge is 0.483 e. The summed E-state index contributed by atoms with van der Waals surface area (Å²) in [6.45, 7) is 4.41. The van der Waals surface area contributed by atoms with Gasteiger partial charge in [-0.05, 0) is 42.9 Å². The third-order valence-electron chi connectivity index (χ3n) is 5.23. The molecule has 0 unspecified atom stereocenters. The van der Waals surface area contributed by atoms with E-state index >= 15 is 0 Å². The molecule has 156 valence electrons. The van der Waals surface area contributed by atoms with Gasteiger partial charge in [0.1, 0.15) is 0 Å². The van der Waals surface area contributed by atoms with Crippen molar-refractivity contribution in [3.05, 3.63) is 42.0 Å². The number of fused-ring (bicyclic) bond motifs is 1. The van der Waals surface area contributed by atoms with Crippen LogP contribution in [0.15, 0.2) is 41.3 Å². The lowest BCUT2D eigenvalue weighted by molar-refractivity contribution is -0.152. The van der Waals surface area contributed by atoms with Gasteiger partial charge in [-0.25, -0.2) is 8.42 Å². The molecule has 1 aromatic rings. The van der Waals surface area contributed by atoms with Gasteiger partial charge in [-0.15, -0.1) is 0 Å². The van der Waals surface area contributed by atoms with Crippen molar-refractivity contribution in [3.8, 4) is 6.07 Å². The first kappa shape index (κ1) is 22.6. The van der Waals surface area contributed by atoms with E-state index in [0.717, 1.165) is 0 Å². The van der Waals surface area contributed by atoms with Crippen LogP contribution in [0.25, 0.3) is 0 Å². The van der Waals surface area contributed by atoms with Crippen LogP contribution in [0.2, 0.25) is 0 Å². The predicted molar refractivity (Wildman–Crippen MR) is 104 cm³/mol. The molecule has 1 saturated heterocycles. The Hall–Kier alpha value is -2.70. The van der Waals surface area contributed by atoms with Gasteiger partial charge in [0.25, 0.3) is 6.47 Å². The second-order valence-electron chi connectivity index (χ2n) is 6.92. The van der Waals surface area contributed by atoms with Crippen LogP contribution in [0, 0.1) is 35.0 Å². The number of rotatable bonds is 4. The highest BCUT2D eigenvalue weighted by atomic mass is 32.2. The lowest BCUT2D eigenvalue weighted by Gasteiger charge is -2.32. The zero-order valence-corrected chi connectivity index (χ0v) is 17.1. The summed E-state index contributed by atoms with van der Waals surface area (Å²) in [6, 6.07) is 7.99. The highest BCUT2D eigenvalue weighted by Crippen LogP contribution is 2.41. The first-order chi connectivity index (χ1) is 13.8. The molecule has 0 aromatic heterocycles. The Morgan fingerprint density at radius 1 is 1.38 bits per heavy atom.